The third-order valence-electron chi connectivity index (χ3n) is 2.60. The van der Waals surface area contributed by atoms with Crippen molar-refractivity contribution in [3.05, 3.63) is 29.3 Å². The summed E-state index contributed by atoms with van der Waals surface area (Å²) in [6.45, 7) is 5.76. The number of rotatable bonds is 4. The van der Waals surface area contributed by atoms with E-state index in [1.54, 1.807) is 14.0 Å². The van der Waals surface area contributed by atoms with Crippen molar-refractivity contribution in [2.24, 2.45) is 0 Å². The molecule has 0 bridgehead atoms. The minimum absolute atomic E-state index is 0.234. The van der Waals surface area contributed by atoms with Crippen LogP contribution in [0.3, 0.4) is 0 Å². The lowest BCUT2D eigenvalue weighted by Gasteiger charge is -2.14. The molecular weight excluding hydrogens is 188 g/mol. The maximum absolute atomic E-state index is 11.0. The van der Waals surface area contributed by atoms with Gasteiger partial charge in [0.25, 0.3) is 0 Å². The minimum atomic E-state index is 0.234. The lowest BCUT2D eigenvalue weighted by atomic mass is 9.92. The SMILES string of the molecule is COc1ccc(C(C)CC(C)=O)c(C)c1. The molecule has 0 heterocycles. The van der Waals surface area contributed by atoms with Crippen molar-refractivity contribution in [1.29, 1.82) is 0 Å². The molecular formula is C13H18O2. The number of ether oxygens (including phenoxy) is 1. The van der Waals surface area contributed by atoms with Gasteiger partial charge in [-0.25, -0.2) is 0 Å². The fraction of sp³-hybridized carbons (Fsp3) is 0.462. The molecule has 0 spiro atoms. The third-order valence-corrected chi connectivity index (χ3v) is 2.60. The van der Waals surface area contributed by atoms with Crippen molar-refractivity contribution >= 4 is 5.78 Å². The number of carbonyl (C=O) groups excluding carboxylic acids is 1. The Kier molecular flexibility index (Phi) is 3.89. The molecule has 2 nitrogen and oxygen atoms in total. The molecule has 0 aliphatic carbocycles. The van der Waals surface area contributed by atoms with Crippen LogP contribution in [0, 0.1) is 6.92 Å². The summed E-state index contributed by atoms with van der Waals surface area (Å²) in [7, 11) is 1.66. The van der Waals surface area contributed by atoms with Crippen molar-refractivity contribution in [3.8, 4) is 5.75 Å². The van der Waals surface area contributed by atoms with E-state index in [0.29, 0.717) is 6.42 Å². The fourth-order valence-corrected chi connectivity index (χ4v) is 1.87. The van der Waals surface area contributed by atoms with E-state index in [4.69, 9.17) is 4.74 Å². The predicted octanol–water partition coefficient (Wildman–Crippen LogP) is 3.09. The van der Waals surface area contributed by atoms with E-state index < -0.39 is 0 Å². The van der Waals surface area contributed by atoms with E-state index in [2.05, 4.69) is 13.8 Å². The first kappa shape index (κ1) is 11.8. The van der Waals surface area contributed by atoms with E-state index in [0.717, 1.165) is 5.75 Å². The number of hydrogen-bond donors (Lipinski definition) is 0. The Labute approximate surface area is 91.3 Å². The highest BCUT2D eigenvalue weighted by Gasteiger charge is 2.11. The Balaban J connectivity index is 2.90. The van der Waals surface area contributed by atoms with Gasteiger partial charge in [-0.1, -0.05) is 13.0 Å². The van der Waals surface area contributed by atoms with Crippen LogP contribution >= 0.6 is 0 Å². The van der Waals surface area contributed by atoms with Crippen LogP contribution < -0.4 is 4.74 Å². The molecule has 1 rings (SSSR count). The molecule has 0 saturated heterocycles. The standard InChI is InChI=1S/C13H18O2/c1-9(7-11(3)14)13-6-5-12(15-4)8-10(13)2/h5-6,8-9H,7H2,1-4H3. The molecule has 0 aromatic heterocycles. The molecule has 0 aliphatic heterocycles. The van der Waals surface area contributed by atoms with Crippen molar-refractivity contribution in [2.75, 3.05) is 7.11 Å². The number of hydrogen-bond acceptors (Lipinski definition) is 2. The second-order valence-corrected chi connectivity index (χ2v) is 4.03. The van der Waals surface area contributed by atoms with Gasteiger partial charge in [-0.2, -0.15) is 0 Å². The molecule has 0 amide bonds. The Morgan fingerprint density at radius 3 is 2.60 bits per heavy atom. The average molecular weight is 206 g/mol. The summed E-state index contributed by atoms with van der Waals surface area (Å²) >= 11 is 0. The number of methoxy groups -OCH3 is 1. The highest BCUT2D eigenvalue weighted by molar-refractivity contribution is 5.76. The van der Waals surface area contributed by atoms with Crippen molar-refractivity contribution in [2.45, 2.75) is 33.1 Å². The topological polar surface area (TPSA) is 26.3 Å². The molecule has 0 N–H and O–H groups in total. The molecule has 15 heavy (non-hydrogen) atoms. The molecule has 82 valence electrons. The molecule has 1 aromatic rings. The summed E-state index contributed by atoms with van der Waals surface area (Å²) in [5.74, 6) is 1.39. The van der Waals surface area contributed by atoms with Gasteiger partial charge in [0.2, 0.25) is 0 Å². The zero-order chi connectivity index (χ0) is 11.4. The molecule has 1 unspecified atom stereocenters. The van der Waals surface area contributed by atoms with Gasteiger partial charge in [-0.05, 0) is 43.0 Å². The van der Waals surface area contributed by atoms with Gasteiger partial charge < -0.3 is 9.53 Å². The summed E-state index contributed by atoms with van der Waals surface area (Å²) in [6.07, 6.45) is 0.604. The summed E-state index contributed by atoms with van der Waals surface area (Å²) in [5, 5.41) is 0. The van der Waals surface area contributed by atoms with E-state index in [-0.39, 0.29) is 11.7 Å². The van der Waals surface area contributed by atoms with Crippen LogP contribution in [0.25, 0.3) is 0 Å². The maximum Gasteiger partial charge on any atom is 0.130 e. The molecule has 0 aliphatic rings. The van der Waals surface area contributed by atoms with Gasteiger partial charge in [0, 0.05) is 6.42 Å². The van der Waals surface area contributed by atoms with E-state index in [1.807, 2.05) is 18.2 Å². The first-order valence-corrected chi connectivity index (χ1v) is 5.18. The number of Topliss-reactive ketones (excluding diaryl/α,β-unsaturated/α-hetero) is 1. The lowest BCUT2D eigenvalue weighted by molar-refractivity contribution is -0.117. The summed E-state index contributed by atoms with van der Waals surface area (Å²) in [5.41, 5.74) is 2.41. The van der Waals surface area contributed by atoms with Crippen molar-refractivity contribution in [3.63, 3.8) is 0 Å². The first-order chi connectivity index (χ1) is 7.04. The second kappa shape index (κ2) is 4.96. The number of carbonyl (C=O) groups is 1. The van der Waals surface area contributed by atoms with Gasteiger partial charge in [-0.15, -0.1) is 0 Å². The van der Waals surface area contributed by atoms with Gasteiger partial charge in [0.05, 0.1) is 7.11 Å². The van der Waals surface area contributed by atoms with Crippen LogP contribution in [0.15, 0.2) is 18.2 Å². The number of ketones is 1. The van der Waals surface area contributed by atoms with Crippen LogP contribution in [0.2, 0.25) is 0 Å². The Hall–Kier alpha value is -1.31. The molecule has 0 saturated carbocycles. The minimum Gasteiger partial charge on any atom is -0.497 e. The smallest absolute Gasteiger partial charge is 0.130 e. The summed E-state index contributed by atoms with van der Waals surface area (Å²) in [4.78, 5) is 11.0. The van der Waals surface area contributed by atoms with E-state index in [9.17, 15) is 4.79 Å². The van der Waals surface area contributed by atoms with Crippen LogP contribution in [-0.2, 0) is 4.79 Å². The number of benzene rings is 1. The lowest BCUT2D eigenvalue weighted by Crippen LogP contribution is -2.02. The average Bonchev–Trinajstić information content (AvgIpc) is 2.16. The normalized spacial score (nSPS) is 12.3. The second-order valence-electron chi connectivity index (χ2n) is 4.03. The first-order valence-electron chi connectivity index (χ1n) is 5.18. The van der Waals surface area contributed by atoms with Crippen molar-refractivity contribution < 1.29 is 9.53 Å². The summed E-state index contributed by atoms with van der Waals surface area (Å²) < 4.78 is 5.14. The van der Waals surface area contributed by atoms with Gasteiger partial charge in [0.1, 0.15) is 11.5 Å². The predicted molar refractivity (Wildman–Crippen MR) is 61.4 cm³/mol. The number of aryl methyl sites for hydroxylation is 1. The van der Waals surface area contributed by atoms with E-state index in [1.165, 1.54) is 11.1 Å². The zero-order valence-corrected chi connectivity index (χ0v) is 9.83. The molecule has 0 radical (unpaired) electrons. The molecule has 1 aromatic carbocycles. The quantitative estimate of drug-likeness (QED) is 0.756. The summed E-state index contributed by atoms with van der Waals surface area (Å²) in [6, 6.07) is 5.99. The van der Waals surface area contributed by atoms with E-state index >= 15 is 0 Å². The Morgan fingerprint density at radius 1 is 1.47 bits per heavy atom. The Bertz CT molecular complexity index is 356. The molecule has 1 atom stereocenters. The Morgan fingerprint density at radius 2 is 2.13 bits per heavy atom. The maximum atomic E-state index is 11.0. The molecule has 2 heteroatoms. The van der Waals surface area contributed by atoms with Gasteiger partial charge >= 0.3 is 0 Å². The van der Waals surface area contributed by atoms with Crippen LogP contribution in [0.4, 0.5) is 0 Å². The van der Waals surface area contributed by atoms with Crippen LogP contribution in [0.5, 0.6) is 5.75 Å². The van der Waals surface area contributed by atoms with Gasteiger partial charge in [0.15, 0.2) is 0 Å². The highest BCUT2D eigenvalue weighted by Crippen LogP contribution is 2.25. The van der Waals surface area contributed by atoms with Gasteiger partial charge in [-0.3, -0.25) is 0 Å². The fourth-order valence-electron chi connectivity index (χ4n) is 1.87. The highest BCUT2D eigenvalue weighted by atomic mass is 16.5. The zero-order valence-electron chi connectivity index (χ0n) is 9.83. The van der Waals surface area contributed by atoms with Crippen LogP contribution in [-0.4, -0.2) is 12.9 Å². The monoisotopic (exact) mass is 206 g/mol. The molecule has 0 fully saturated rings. The third kappa shape index (κ3) is 3.08. The van der Waals surface area contributed by atoms with Crippen molar-refractivity contribution in [1.82, 2.24) is 0 Å². The largest absolute Gasteiger partial charge is 0.497 e. The van der Waals surface area contributed by atoms with Crippen LogP contribution in [0.1, 0.15) is 37.3 Å².